The Balaban J connectivity index is 2.08. The second kappa shape index (κ2) is 6.77. The number of carbonyl (C=O) groups is 1. The molecule has 1 aromatic rings. The zero-order valence-corrected chi connectivity index (χ0v) is 12.5. The van der Waals surface area contributed by atoms with Gasteiger partial charge in [0.15, 0.2) is 5.75 Å². The van der Waals surface area contributed by atoms with Gasteiger partial charge in [-0.05, 0) is 26.2 Å². The van der Waals surface area contributed by atoms with Gasteiger partial charge in [0, 0.05) is 0 Å². The maximum Gasteiger partial charge on any atom is 0.330 e. The summed E-state index contributed by atoms with van der Waals surface area (Å²) in [6.07, 6.45) is 9.27. The average molecular weight is 280 g/mol. The van der Waals surface area contributed by atoms with E-state index in [0.29, 0.717) is 11.7 Å². The van der Waals surface area contributed by atoms with Crippen LogP contribution in [0.25, 0.3) is 0 Å². The number of nitrogens with zero attached hydrogens (tertiary/aromatic N) is 2. The molecule has 0 saturated heterocycles. The summed E-state index contributed by atoms with van der Waals surface area (Å²) >= 11 is 0. The Morgan fingerprint density at radius 2 is 2.15 bits per heavy atom. The van der Waals surface area contributed by atoms with Crippen LogP contribution in [0.3, 0.4) is 0 Å². The van der Waals surface area contributed by atoms with E-state index in [1.165, 1.54) is 32.8 Å². The number of carbonyl (C=O) groups excluding carboxylic acids is 1. The van der Waals surface area contributed by atoms with Gasteiger partial charge in [0.05, 0.1) is 25.6 Å². The topological polar surface area (TPSA) is 53.4 Å². The van der Waals surface area contributed by atoms with Crippen molar-refractivity contribution >= 4 is 5.97 Å². The second-order valence-corrected chi connectivity index (χ2v) is 5.75. The fraction of sp³-hybridized carbons (Fsp3) is 0.733. The molecule has 0 spiro atoms. The van der Waals surface area contributed by atoms with Crippen LogP contribution < -0.4 is 4.74 Å². The predicted octanol–water partition coefficient (Wildman–Crippen LogP) is 2.96. The van der Waals surface area contributed by atoms with Gasteiger partial charge in [0.25, 0.3) is 0 Å². The van der Waals surface area contributed by atoms with Crippen molar-refractivity contribution in [3.05, 3.63) is 12.4 Å². The largest absolute Gasteiger partial charge is 0.488 e. The van der Waals surface area contributed by atoms with Crippen molar-refractivity contribution in [2.75, 3.05) is 7.11 Å². The second-order valence-electron chi connectivity index (χ2n) is 5.75. The molecule has 0 radical (unpaired) electrons. The Bertz CT molecular complexity index is 436. The third-order valence-corrected chi connectivity index (χ3v) is 3.77. The molecule has 1 saturated carbocycles. The molecule has 1 aromatic heterocycles. The van der Waals surface area contributed by atoms with Gasteiger partial charge in [-0.3, -0.25) is 4.68 Å². The predicted molar refractivity (Wildman–Crippen MR) is 75.6 cm³/mol. The molecule has 2 rings (SSSR count). The minimum atomic E-state index is -0.340. The summed E-state index contributed by atoms with van der Waals surface area (Å²) in [4.78, 5) is 12.0. The van der Waals surface area contributed by atoms with Crippen LogP contribution >= 0.6 is 0 Å². The van der Waals surface area contributed by atoms with Gasteiger partial charge in [0.2, 0.25) is 0 Å². The van der Waals surface area contributed by atoms with Crippen LogP contribution in [0.2, 0.25) is 0 Å². The van der Waals surface area contributed by atoms with Gasteiger partial charge in [0.1, 0.15) is 6.04 Å². The summed E-state index contributed by atoms with van der Waals surface area (Å²) in [6.45, 7) is 3.93. The van der Waals surface area contributed by atoms with E-state index in [1.54, 1.807) is 17.1 Å². The molecule has 1 heterocycles. The summed E-state index contributed by atoms with van der Waals surface area (Å²) in [5.74, 6) is 1.06. The first-order chi connectivity index (χ1) is 9.60. The number of hydrogen-bond acceptors (Lipinski definition) is 4. The number of rotatable bonds is 6. The third kappa shape index (κ3) is 3.74. The van der Waals surface area contributed by atoms with Crippen LogP contribution in [0.1, 0.15) is 52.0 Å². The van der Waals surface area contributed by atoms with E-state index < -0.39 is 0 Å². The summed E-state index contributed by atoms with van der Waals surface area (Å²) < 4.78 is 12.2. The summed E-state index contributed by atoms with van der Waals surface area (Å²) in [5.41, 5.74) is 0. The fourth-order valence-corrected chi connectivity index (χ4v) is 2.83. The molecular weight excluding hydrogens is 256 g/mol. The number of aromatic nitrogens is 2. The van der Waals surface area contributed by atoms with Crippen LogP contribution in [0.4, 0.5) is 0 Å². The van der Waals surface area contributed by atoms with E-state index in [-0.39, 0.29) is 18.1 Å². The minimum absolute atomic E-state index is 0.0964. The lowest BCUT2D eigenvalue weighted by Gasteiger charge is -2.18. The number of esters is 1. The van der Waals surface area contributed by atoms with Crippen molar-refractivity contribution in [1.29, 1.82) is 0 Å². The number of ether oxygens (including phenoxy) is 2. The molecule has 1 atom stereocenters. The molecule has 112 valence electrons. The molecule has 5 heteroatoms. The number of hydrogen-bond donors (Lipinski definition) is 0. The Labute approximate surface area is 120 Å². The first kappa shape index (κ1) is 14.9. The van der Waals surface area contributed by atoms with Gasteiger partial charge < -0.3 is 9.47 Å². The Kier molecular flexibility index (Phi) is 5.04. The molecule has 1 aliphatic carbocycles. The van der Waals surface area contributed by atoms with E-state index in [4.69, 9.17) is 9.47 Å². The van der Waals surface area contributed by atoms with Crippen molar-refractivity contribution in [3.63, 3.8) is 0 Å². The van der Waals surface area contributed by atoms with Crippen LogP contribution in [-0.4, -0.2) is 29.0 Å². The Hall–Kier alpha value is -1.52. The number of methoxy groups -OCH3 is 1. The normalized spacial score (nSPS) is 17.4. The fourth-order valence-electron chi connectivity index (χ4n) is 2.83. The average Bonchev–Trinajstić information content (AvgIpc) is 3.05. The minimum Gasteiger partial charge on any atom is -0.488 e. The van der Waals surface area contributed by atoms with Crippen molar-refractivity contribution in [1.82, 2.24) is 9.78 Å². The molecule has 0 aliphatic heterocycles. The van der Waals surface area contributed by atoms with Crippen molar-refractivity contribution in [2.45, 2.75) is 58.1 Å². The van der Waals surface area contributed by atoms with Gasteiger partial charge in [-0.25, -0.2) is 4.79 Å². The maximum atomic E-state index is 12.0. The van der Waals surface area contributed by atoms with Gasteiger partial charge >= 0.3 is 5.97 Å². The van der Waals surface area contributed by atoms with Crippen LogP contribution in [0.5, 0.6) is 5.75 Å². The van der Waals surface area contributed by atoms with Crippen LogP contribution in [0.15, 0.2) is 12.4 Å². The van der Waals surface area contributed by atoms with Gasteiger partial charge in [-0.1, -0.05) is 25.7 Å². The first-order valence-corrected chi connectivity index (χ1v) is 7.38. The van der Waals surface area contributed by atoms with Crippen molar-refractivity contribution in [3.8, 4) is 5.75 Å². The smallest absolute Gasteiger partial charge is 0.330 e. The monoisotopic (exact) mass is 280 g/mol. The molecule has 1 unspecified atom stereocenters. The molecule has 0 amide bonds. The van der Waals surface area contributed by atoms with E-state index in [1.807, 2.05) is 13.8 Å². The summed E-state index contributed by atoms with van der Waals surface area (Å²) in [5, 5.41) is 4.27. The molecule has 20 heavy (non-hydrogen) atoms. The highest BCUT2D eigenvalue weighted by atomic mass is 16.5. The van der Waals surface area contributed by atoms with Crippen LogP contribution in [-0.2, 0) is 9.53 Å². The molecule has 0 bridgehead atoms. The van der Waals surface area contributed by atoms with E-state index in [0.717, 1.165) is 6.42 Å². The Morgan fingerprint density at radius 1 is 1.45 bits per heavy atom. The Morgan fingerprint density at radius 3 is 2.75 bits per heavy atom. The zero-order chi connectivity index (χ0) is 14.5. The molecule has 0 aromatic carbocycles. The molecular formula is C15H24N2O3. The summed E-state index contributed by atoms with van der Waals surface area (Å²) in [7, 11) is 1.43. The van der Waals surface area contributed by atoms with Crippen molar-refractivity contribution in [2.24, 2.45) is 5.92 Å². The lowest BCUT2D eigenvalue weighted by atomic mass is 9.98. The highest BCUT2D eigenvalue weighted by molar-refractivity contribution is 5.74. The van der Waals surface area contributed by atoms with Crippen LogP contribution in [0, 0.1) is 5.92 Å². The third-order valence-electron chi connectivity index (χ3n) is 3.77. The SMILES string of the molecule is COC(=O)C(CC1CCCC1)n1cc(OC(C)C)cn1. The highest BCUT2D eigenvalue weighted by Crippen LogP contribution is 2.32. The maximum absolute atomic E-state index is 12.0. The molecule has 0 N–H and O–H groups in total. The first-order valence-electron chi connectivity index (χ1n) is 7.38. The highest BCUT2D eigenvalue weighted by Gasteiger charge is 2.28. The van der Waals surface area contributed by atoms with E-state index >= 15 is 0 Å². The summed E-state index contributed by atoms with van der Waals surface area (Å²) in [6, 6.07) is -0.340. The van der Waals surface area contributed by atoms with Gasteiger partial charge in [-0.15, -0.1) is 0 Å². The molecule has 1 fully saturated rings. The van der Waals surface area contributed by atoms with E-state index in [9.17, 15) is 4.79 Å². The lowest BCUT2D eigenvalue weighted by Crippen LogP contribution is -2.23. The zero-order valence-electron chi connectivity index (χ0n) is 12.5. The van der Waals surface area contributed by atoms with E-state index in [2.05, 4.69) is 5.10 Å². The standard InChI is InChI=1S/C15H24N2O3/c1-11(2)20-13-9-16-17(10-13)14(15(18)19-3)8-12-6-4-5-7-12/h9-12,14H,4-8H2,1-3H3. The van der Waals surface area contributed by atoms with Gasteiger partial charge in [-0.2, -0.15) is 5.10 Å². The molecule has 5 nitrogen and oxygen atoms in total. The lowest BCUT2D eigenvalue weighted by molar-refractivity contribution is -0.145. The molecule has 1 aliphatic rings. The van der Waals surface area contributed by atoms with Crippen molar-refractivity contribution < 1.29 is 14.3 Å². The quantitative estimate of drug-likeness (QED) is 0.752.